The molecule has 5 nitrogen and oxygen atoms in total. The molecule has 7 heteroatoms. The zero-order valence-electron chi connectivity index (χ0n) is 9.43. The molecule has 0 radical (unpaired) electrons. The van der Waals surface area contributed by atoms with Crippen LogP contribution in [0.2, 0.25) is 0 Å². The number of primary amides is 1. The van der Waals surface area contributed by atoms with Crippen molar-refractivity contribution >= 4 is 23.6 Å². The van der Waals surface area contributed by atoms with Crippen LogP contribution in [0.1, 0.15) is 0 Å². The van der Waals surface area contributed by atoms with Crippen LogP contribution in [0.25, 0.3) is 0 Å². The van der Waals surface area contributed by atoms with Gasteiger partial charge in [0.2, 0.25) is 11.8 Å². The molecule has 0 bridgehead atoms. The van der Waals surface area contributed by atoms with Crippen LogP contribution in [0.5, 0.6) is 0 Å². The molecule has 1 rings (SSSR count). The van der Waals surface area contributed by atoms with Crippen LogP contribution in [0, 0.1) is 5.82 Å². The van der Waals surface area contributed by atoms with Gasteiger partial charge in [-0.1, -0.05) is 12.1 Å². The Morgan fingerprint density at radius 3 is 2.72 bits per heavy atom. The van der Waals surface area contributed by atoms with Crippen molar-refractivity contribution in [2.45, 2.75) is 11.0 Å². The van der Waals surface area contributed by atoms with E-state index in [1.54, 1.807) is 18.2 Å². The maximum atomic E-state index is 13.2. The molecule has 1 atom stereocenters. The lowest BCUT2D eigenvalue weighted by atomic mass is 10.3. The van der Waals surface area contributed by atoms with Crippen molar-refractivity contribution in [1.29, 1.82) is 0 Å². The molecule has 0 fully saturated rings. The second kappa shape index (κ2) is 6.97. The van der Waals surface area contributed by atoms with Gasteiger partial charge in [-0.2, -0.15) is 0 Å². The number of carbonyl (C=O) groups excluding carboxylic acids is 2. The van der Waals surface area contributed by atoms with Crippen molar-refractivity contribution in [3.63, 3.8) is 0 Å². The van der Waals surface area contributed by atoms with E-state index in [1.807, 2.05) is 0 Å². The molecule has 0 aliphatic rings. The van der Waals surface area contributed by atoms with Crippen molar-refractivity contribution in [3.8, 4) is 0 Å². The third-order valence-electron chi connectivity index (χ3n) is 2.02. The first-order valence-electron chi connectivity index (χ1n) is 5.12. The number of carbonyl (C=O) groups is 2. The first kappa shape index (κ1) is 14.5. The molecular formula is C11H13FN2O3S. The number of aliphatic hydroxyl groups excluding tert-OH is 1. The van der Waals surface area contributed by atoms with Gasteiger partial charge in [-0.05, 0) is 12.1 Å². The molecule has 0 spiro atoms. The van der Waals surface area contributed by atoms with Gasteiger partial charge in [0.05, 0.1) is 12.3 Å². The van der Waals surface area contributed by atoms with Crippen molar-refractivity contribution in [2.75, 3.05) is 12.3 Å². The number of halogens is 1. The summed E-state index contributed by atoms with van der Waals surface area (Å²) in [7, 11) is 0. The topological polar surface area (TPSA) is 92.4 Å². The molecule has 1 aromatic rings. The summed E-state index contributed by atoms with van der Waals surface area (Å²) >= 11 is 1.03. The molecule has 0 saturated heterocycles. The monoisotopic (exact) mass is 272 g/mol. The molecule has 0 aliphatic heterocycles. The second-order valence-corrected chi connectivity index (χ2v) is 4.46. The molecular weight excluding hydrogens is 259 g/mol. The maximum Gasteiger partial charge on any atom is 0.248 e. The van der Waals surface area contributed by atoms with Gasteiger partial charge in [-0.3, -0.25) is 9.59 Å². The third-order valence-corrected chi connectivity index (χ3v) is 3.07. The van der Waals surface area contributed by atoms with Crippen LogP contribution in [0.15, 0.2) is 29.2 Å². The van der Waals surface area contributed by atoms with E-state index in [0.717, 1.165) is 11.8 Å². The summed E-state index contributed by atoms with van der Waals surface area (Å²) in [6, 6.07) is 6.09. The van der Waals surface area contributed by atoms with Crippen LogP contribution in [0.4, 0.5) is 4.39 Å². The summed E-state index contributed by atoms with van der Waals surface area (Å²) in [6.07, 6.45) is -1.41. The molecule has 98 valence electrons. The minimum atomic E-state index is -1.41. The van der Waals surface area contributed by atoms with E-state index in [9.17, 15) is 14.0 Å². The Kier molecular flexibility index (Phi) is 5.60. The lowest BCUT2D eigenvalue weighted by Crippen LogP contribution is -2.40. The van der Waals surface area contributed by atoms with Gasteiger partial charge in [-0.25, -0.2) is 4.39 Å². The van der Waals surface area contributed by atoms with Crippen LogP contribution in [-0.4, -0.2) is 35.3 Å². The quantitative estimate of drug-likeness (QED) is 0.629. The minimum absolute atomic E-state index is 0.00752. The Labute approximate surface area is 108 Å². The van der Waals surface area contributed by atoms with Crippen LogP contribution in [0.3, 0.4) is 0 Å². The third kappa shape index (κ3) is 4.72. The highest BCUT2D eigenvalue weighted by molar-refractivity contribution is 8.00. The zero-order chi connectivity index (χ0) is 13.5. The number of amides is 2. The SMILES string of the molecule is NC(=O)C(O)CNC(=O)CSc1ccccc1F. The zero-order valence-corrected chi connectivity index (χ0v) is 10.2. The van der Waals surface area contributed by atoms with Gasteiger partial charge in [0.25, 0.3) is 0 Å². The molecule has 0 aromatic heterocycles. The summed E-state index contributed by atoms with van der Waals surface area (Å²) in [4.78, 5) is 22.2. The Hall–Kier alpha value is -1.60. The van der Waals surface area contributed by atoms with Gasteiger partial charge >= 0.3 is 0 Å². The molecule has 0 aliphatic carbocycles. The summed E-state index contributed by atoms with van der Waals surface area (Å²) in [5.74, 6) is -1.72. The van der Waals surface area contributed by atoms with Crippen molar-refractivity contribution < 1.29 is 19.1 Å². The van der Waals surface area contributed by atoms with Crippen LogP contribution in [-0.2, 0) is 9.59 Å². The predicted octanol–water partition coefficient (Wildman–Crippen LogP) is -0.120. The number of rotatable bonds is 6. The highest BCUT2D eigenvalue weighted by atomic mass is 32.2. The predicted molar refractivity (Wildman–Crippen MR) is 65.3 cm³/mol. The lowest BCUT2D eigenvalue weighted by Gasteiger charge is -2.08. The normalized spacial score (nSPS) is 11.9. The molecule has 0 heterocycles. The fourth-order valence-corrected chi connectivity index (χ4v) is 1.84. The smallest absolute Gasteiger partial charge is 0.248 e. The van der Waals surface area contributed by atoms with Gasteiger partial charge in [0.1, 0.15) is 11.9 Å². The molecule has 18 heavy (non-hydrogen) atoms. The molecule has 0 saturated carbocycles. The highest BCUT2D eigenvalue weighted by Gasteiger charge is 2.12. The summed E-state index contributed by atoms with van der Waals surface area (Å²) in [5.41, 5.74) is 4.81. The largest absolute Gasteiger partial charge is 0.381 e. The Morgan fingerprint density at radius 1 is 1.44 bits per heavy atom. The van der Waals surface area contributed by atoms with Gasteiger partial charge < -0.3 is 16.2 Å². The summed E-state index contributed by atoms with van der Waals surface area (Å²) in [6.45, 7) is -0.244. The average molecular weight is 272 g/mol. The number of nitrogens with one attached hydrogen (secondary N) is 1. The van der Waals surface area contributed by atoms with E-state index < -0.39 is 23.7 Å². The van der Waals surface area contributed by atoms with Crippen LogP contribution >= 0.6 is 11.8 Å². The van der Waals surface area contributed by atoms with Crippen molar-refractivity contribution in [3.05, 3.63) is 30.1 Å². The Morgan fingerprint density at radius 2 is 2.11 bits per heavy atom. The van der Waals surface area contributed by atoms with E-state index in [0.29, 0.717) is 4.90 Å². The number of benzene rings is 1. The van der Waals surface area contributed by atoms with E-state index in [2.05, 4.69) is 5.32 Å². The first-order valence-corrected chi connectivity index (χ1v) is 6.10. The number of hydrogen-bond acceptors (Lipinski definition) is 4. The van der Waals surface area contributed by atoms with E-state index in [1.165, 1.54) is 6.07 Å². The standard InChI is InChI=1S/C11H13FN2O3S/c12-7-3-1-2-4-9(7)18-6-10(16)14-5-8(15)11(13)17/h1-4,8,15H,5-6H2,(H2,13,17)(H,14,16). The van der Waals surface area contributed by atoms with Crippen molar-refractivity contribution in [1.82, 2.24) is 5.32 Å². The van der Waals surface area contributed by atoms with E-state index in [4.69, 9.17) is 10.8 Å². The number of thioether (sulfide) groups is 1. The Bertz CT molecular complexity index is 442. The number of hydrogen-bond donors (Lipinski definition) is 3. The number of aliphatic hydroxyl groups is 1. The second-order valence-electron chi connectivity index (χ2n) is 3.44. The molecule has 1 unspecified atom stereocenters. The fraction of sp³-hybridized carbons (Fsp3) is 0.273. The van der Waals surface area contributed by atoms with E-state index >= 15 is 0 Å². The van der Waals surface area contributed by atoms with Gasteiger partial charge in [0, 0.05) is 4.90 Å². The van der Waals surface area contributed by atoms with Crippen molar-refractivity contribution in [2.24, 2.45) is 5.73 Å². The first-order chi connectivity index (χ1) is 8.50. The van der Waals surface area contributed by atoms with E-state index in [-0.39, 0.29) is 12.3 Å². The number of nitrogens with two attached hydrogens (primary N) is 1. The fourth-order valence-electron chi connectivity index (χ4n) is 1.07. The highest BCUT2D eigenvalue weighted by Crippen LogP contribution is 2.20. The average Bonchev–Trinajstić information content (AvgIpc) is 2.34. The molecule has 1 aromatic carbocycles. The molecule has 2 amide bonds. The van der Waals surface area contributed by atoms with Crippen LogP contribution < -0.4 is 11.1 Å². The maximum absolute atomic E-state index is 13.2. The van der Waals surface area contributed by atoms with Gasteiger partial charge in [-0.15, -0.1) is 11.8 Å². The minimum Gasteiger partial charge on any atom is -0.381 e. The summed E-state index contributed by atoms with van der Waals surface area (Å²) in [5, 5.41) is 11.4. The Balaban J connectivity index is 2.34. The van der Waals surface area contributed by atoms with Gasteiger partial charge in [0.15, 0.2) is 0 Å². The lowest BCUT2D eigenvalue weighted by molar-refractivity contribution is -0.126. The molecule has 4 N–H and O–H groups in total. The summed E-state index contributed by atoms with van der Waals surface area (Å²) < 4.78 is 13.2.